The van der Waals surface area contributed by atoms with Crippen LogP contribution in [0.5, 0.6) is 0 Å². The Morgan fingerprint density at radius 2 is 2.00 bits per heavy atom. The van der Waals surface area contributed by atoms with Crippen molar-refractivity contribution in [3.63, 3.8) is 0 Å². The Hall–Kier alpha value is -0.0000000000000000833. The van der Waals surface area contributed by atoms with Gasteiger partial charge in [-0.15, -0.1) is 17.0 Å². The van der Waals surface area contributed by atoms with E-state index in [1.54, 1.807) is 11.8 Å². The molecule has 3 nitrogen and oxygen atoms in total. The standard InChI is InChI=1S/C13H20N2OS.BrH/c1-10-8-17-11-14-12(2,16)9-13(15(10)11)6-4-3-5-7-13;/h8,16H,3-7,9H2,1-2H3;1H. The van der Waals surface area contributed by atoms with Crippen LogP contribution in [0.15, 0.2) is 16.1 Å². The van der Waals surface area contributed by atoms with E-state index in [9.17, 15) is 5.11 Å². The van der Waals surface area contributed by atoms with E-state index >= 15 is 0 Å². The fraction of sp³-hybridized carbons (Fsp3) is 0.769. The normalized spacial score (nSPS) is 33.6. The lowest BCUT2D eigenvalue weighted by Gasteiger charge is -2.51. The van der Waals surface area contributed by atoms with Crippen molar-refractivity contribution in [3.8, 4) is 0 Å². The summed E-state index contributed by atoms with van der Waals surface area (Å²) in [6.07, 6.45) is 7.03. The molecular formula is C13H21BrN2OS. The summed E-state index contributed by atoms with van der Waals surface area (Å²) in [5.74, 6) is 0. The highest BCUT2D eigenvalue weighted by Crippen LogP contribution is 2.48. The lowest BCUT2D eigenvalue weighted by Crippen LogP contribution is -2.57. The highest BCUT2D eigenvalue weighted by molar-refractivity contribution is 8.93. The van der Waals surface area contributed by atoms with Crippen molar-refractivity contribution in [1.82, 2.24) is 4.90 Å². The number of hydrogen-bond donors (Lipinski definition) is 1. The minimum absolute atomic E-state index is 0. The van der Waals surface area contributed by atoms with Crippen LogP contribution < -0.4 is 0 Å². The van der Waals surface area contributed by atoms with Gasteiger partial charge in [0.15, 0.2) is 10.9 Å². The average molecular weight is 333 g/mol. The summed E-state index contributed by atoms with van der Waals surface area (Å²) in [7, 11) is 0. The monoisotopic (exact) mass is 332 g/mol. The Kier molecular flexibility index (Phi) is 3.87. The van der Waals surface area contributed by atoms with Crippen LogP contribution in [-0.4, -0.2) is 26.4 Å². The number of allylic oxidation sites excluding steroid dienone is 1. The fourth-order valence-electron chi connectivity index (χ4n) is 3.61. The Bertz CT molecular complexity index is 400. The van der Waals surface area contributed by atoms with Gasteiger partial charge in [-0.05, 0) is 32.1 Å². The van der Waals surface area contributed by atoms with Gasteiger partial charge >= 0.3 is 0 Å². The van der Waals surface area contributed by atoms with Gasteiger partial charge in [0.1, 0.15) is 0 Å². The molecule has 1 N–H and O–H groups in total. The molecule has 1 spiro atoms. The van der Waals surface area contributed by atoms with Crippen LogP contribution in [0.4, 0.5) is 0 Å². The quantitative estimate of drug-likeness (QED) is 0.735. The maximum Gasteiger partial charge on any atom is 0.171 e. The first kappa shape index (κ1) is 14.4. The van der Waals surface area contributed by atoms with Crippen LogP contribution in [0, 0.1) is 0 Å². The molecule has 5 heteroatoms. The second kappa shape index (κ2) is 4.84. The molecule has 0 aromatic rings. The molecule has 0 radical (unpaired) electrons. The van der Waals surface area contributed by atoms with E-state index in [-0.39, 0.29) is 22.5 Å². The summed E-state index contributed by atoms with van der Waals surface area (Å²) in [6, 6.07) is 0. The topological polar surface area (TPSA) is 35.8 Å². The molecule has 102 valence electrons. The second-order valence-corrected chi connectivity index (χ2v) is 6.62. The molecule has 1 aliphatic carbocycles. The number of rotatable bonds is 0. The summed E-state index contributed by atoms with van der Waals surface area (Å²) in [5.41, 5.74) is 0.545. The zero-order valence-electron chi connectivity index (χ0n) is 11.0. The molecule has 1 unspecified atom stereocenters. The molecule has 0 aromatic heterocycles. The number of hydrogen-bond acceptors (Lipinski definition) is 4. The van der Waals surface area contributed by atoms with Gasteiger partial charge in [-0.1, -0.05) is 31.0 Å². The smallest absolute Gasteiger partial charge is 0.171 e. The molecule has 3 aliphatic rings. The van der Waals surface area contributed by atoms with Crippen LogP contribution in [0.2, 0.25) is 0 Å². The third-order valence-corrected chi connectivity index (χ3v) is 5.08. The van der Waals surface area contributed by atoms with Crippen molar-refractivity contribution in [2.24, 2.45) is 4.99 Å². The fourth-order valence-corrected chi connectivity index (χ4v) is 4.68. The maximum absolute atomic E-state index is 10.4. The van der Waals surface area contributed by atoms with Gasteiger partial charge in [-0.25, -0.2) is 4.99 Å². The molecule has 1 atom stereocenters. The number of fused-ring (bicyclic) bond motifs is 2. The highest BCUT2D eigenvalue weighted by atomic mass is 79.9. The Labute approximate surface area is 123 Å². The zero-order chi connectivity index (χ0) is 12.1. The van der Waals surface area contributed by atoms with Crippen LogP contribution in [-0.2, 0) is 0 Å². The second-order valence-electron chi connectivity index (χ2n) is 5.79. The van der Waals surface area contributed by atoms with Gasteiger partial charge in [-0.2, -0.15) is 0 Å². The Balaban J connectivity index is 0.00000120. The largest absolute Gasteiger partial charge is 0.369 e. The molecule has 1 fully saturated rings. The summed E-state index contributed by atoms with van der Waals surface area (Å²) >= 11 is 1.66. The number of halogens is 1. The predicted molar refractivity (Wildman–Crippen MR) is 82.0 cm³/mol. The summed E-state index contributed by atoms with van der Waals surface area (Å²) in [6.45, 7) is 4.01. The predicted octanol–water partition coefficient (Wildman–Crippen LogP) is 3.65. The molecule has 2 aliphatic heterocycles. The first-order valence-corrected chi connectivity index (χ1v) is 7.36. The van der Waals surface area contributed by atoms with Crippen molar-refractivity contribution >= 4 is 33.9 Å². The van der Waals surface area contributed by atoms with Gasteiger partial charge in [-0.3, -0.25) is 0 Å². The van der Waals surface area contributed by atoms with Crippen LogP contribution >= 0.6 is 28.7 Å². The Morgan fingerprint density at radius 3 is 2.67 bits per heavy atom. The van der Waals surface area contributed by atoms with Crippen molar-refractivity contribution in [2.75, 3.05) is 0 Å². The summed E-state index contributed by atoms with van der Waals surface area (Å²) in [5, 5.41) is 13.5. The summed E-state index contributed by atoms with van der Waals surface area (Å²) in [4.78, 5) is 6.88. The number of amidine groups is 1. The molecule has 0 amide bonds. The average Bonchev–Trinajstić information content (AvgIpc) is 2.59. The van der Waals surface area contributed by atoms with E-state index in [0.29, 0.717) is 0 Å². The van der Waals surface area contributed by atoms with E-state index in [1.165, 1.54) is 37.8 Å². The van der Waals surface area contributed by atoms with Gasteiger partial charge < -0.3 is 10.0 Å². The zero-order valence-corrected chi connectivity index (χ0v) is 13.5. The molecular weight excluding hydrogens is 312 g/mol. The number of aliphatic hydroxyl groups is 1. The molecule has 18 heavy (non-hydrogen) atoms. The van der Waals surface area contributed by atoms with Crippen LogP contribution in [0.1, 0.15) is 52.4 Å². The van der Waals surface area contributed by atoms with Gasteiger partial charge in [0.25, 0.3) is 0 Å². The lowest BCUT2D eigenvalue weighted by atomic mass is 9.74. The first-order valence-electron chi connectivity index (χ1n) is 6.48. The molecule has 2 heterocycles. The lowest BCUT2D eigenvalue weighted by molar-refractivity contribution is -0.0187. The van der Waals surface area contributed by atoms with E-state index in [2.05, 4.69) is 22.2 Å². The van der Waals surface area contributed by atoms with E-state index < -0.39 is 5.72 Å². The molecule has 3 rings (SSSR count). The molecule has 1 saturated carbocycles. The highest BCUT2D eigenvalue weighted by Gasteiger charge is 2.50. The molecule has 0 bridgehead atoms. The first-order chi connectivity index (χ1) is 8.03. The van der Waals surface area contributed by atoms with Crippen molar-refractivity contribution in [2.45, 2.75) is 63.6 Å². The minimum Gasteiger partial charge on any atom is -0.369 e. The van der Waals surface area contributed by atoms with Gasteiger partial charge in [0, 0.05) is 12.1 Å². The van der Waals surface area contributed by atoms with Gasteiger partial charge in [0.05, 0.1) is 5.54 Å². The van der Waals surface area contributed by atoms with E-state index in [0.717, 1.165) is 11.6 Å². The number of thioether (sulfide) groups is 1. The third-order valence-electron chi connectivity index (χ3n) is 4.14. The maximum atomic E-state index is 10.4. The minimum atomic E-state index is -0.880. The van der Waals surface area contributed by atoms with Crippen molar-refractivity contribution in [1.29, 1.82) is 0 Å². The molecule has 0 saturated heterocycles. The van der Waals surface area contributed by atoms with E-state index in [4.69, 9.17) is 0 Å². The SMILES string of the molecule is Br.CC1=CSC2=NC(C)(O)CC3(CCCCC3)N12. The number of aliphatic imine (C=N–C) groups is 1. The number of nitrogens with zero attached hydrogens (tertiary/aromatic N) is 2. The van der Waals surface area contributed by atoms with E-state index in [1.807, 2.05) is 6.92 Å². The van der Waals surface area contributed by atoms with Crippen molar-refractivity contribution in [3.05, 3.63) is 11.1 Å². The Morgan fingerprint density at radius 1 is 1.33 bits per heavy atom. The van der Waals surface area contributed by atoms with Crippen molar-refractivity contribution < 1.29 is 5.11 Å². The third kappa shape index (κ3) is 2.25. The molecule has 0 aromatic carbocycles. The van der Waals surface area contributed by atoms with Crippen LogP contribution in [0.3, 0.4) is 0 Å². The summed E-state index contributed by atoms with van der Waals surface area (Å²) < 4.78 is 0. The van der Waals surface area contributed by atoms with Crippen LogP contribution in [0.25, 0.3) is 0 Å². The van der Waals surface area contributed by atoms with Gasteiger partial charge in [0.2, 0.25) is 0 Å².